The van der Waals surface area contributed by atoms with Gasteiger partial charge in [-0.25, -0.2) is 0 Å². The van der Waals surface area contributed by atoms with Crippen molar-refractivity contribution in [2.75, 3.05) is 32.7 Å². The van der Waals surface area contributed by atoms with Crippen LogP contribution in [0.25, 0.3) is 0 Å². The van der Waals surface area contributed by atoms with E-state index in [1.165, 1.54) is 25.9 Å². The highest BCUT2D eigenvalue weighted by molar-refractivity contribution is 5.79. The average molecular weight is 266 g/mol. The third kappa shape index (κ3) is 6.10. The van der Waals surface area contributed by atoms with E-state index in [1.807, 2.05) is 6.08 Å². The van der Waals surface area contributed by atoms with Gasteiger partial charge in [0.15, 0.2) is 5.96 Å². The first-order valence-corrected chi connectivity index (χ1v) is 7.54. The van der Waals surface area contributed by atoms with Gasteiger partial charge in [-0.05, 0) is 45.7 Å². The lowest BCUT2D eigenvalue weighted by atomic mass is 9.98. The molecule has 0 aliphatic carbocycles. The molecule has 1 unspecified atom stereocenters. The quantitative estimate of drug-likeness (QED) is 0.438. The number of hydrogen-bond donors (Lipinski definition) is 2. The minimum Gasteiger partial charge on any atom is -0.357 e. The summed E-state index contributed by atoms with van der Waals surface area (Å²) in [4.78, 5) is 7.21. The zero-order valence-electron chi connectivity index (χ0n) is 12.8. The number of piperidine rings is 1. The van der Waals surface area contributed by atoms with E-state index >= 15 is 0 Å². The van der Waals surface area contributed by atoms with E-state index in [9.17, 15) is 0 Å². The van der Waals surface area contributed by atoms with Gasteiger partial charge in [0.2, 0.25) is 0 Å². The lowest BCUT2D eigenvalue weighted by Gasteiger charge is -2.34. The molecule has 4 nitrogen and oxygen atoms in total. The molecular formula is C15H30N4. The largest absolute Gasteiger partial charge is 0.357 e. The molecule has 1 heterocycles. The van der Waals surface area contributed by atoms with E-state index in [0.717, 1.165) is 31.5 Å². The summed E-state index contributed by atoms with van der Waals surface area (Å²) in [7, 11) is 0. The van der Waals surface area contributed by atoms with Crippen LogP contribution in [0.3, 0.4) is 0 Å². The van der Waals surface area contributed by atoms with Crippen LogP contribution in [0, 0.1) is 5.92 Å². The van der Waals surface area contributed by atoms with Gasteiger partial charge in [0.1, 0.15) is 0 Å². The van der Waals surface area contributed by atoms with Crippen molar-refractivity contribution in [3.8, 4) is 0 Å². The summed E-state index contributed by atoms with van der Waals surface area (Å²) in [6.07, 6.45) is 4.49. The second kappa shape index (κ2) is 8.97. The Bertz CT molecular complexity index is 280. The predicted octanol–water partition coefficient (Wildman–Crippen LogP) is 1.85. The van der Waals surface area contributed by atoms with Crippen LogP contribution in [0.1, 0.15) is 33.6 Å². The fourth-order valence-corrected chi connectivity index (χ4v) is 2.32. The molecule has 19 heavy (non-hydrogen) atoms. The first-order chi connectivity index (χ1) is 9.17. The van der Waals surface area contributed by atoms with Crippen LogP contribution in [-0.2, 0) is 0 Å². The first kappa shape index (κ1) is 16.0. The standard InChI is InChI=1S/C15H30N4/c1-5-9-17-15(16-6-2)18-12-14(4)19-10-7-13(3)8-11-19/h5,13-14H,1,6-12H2,2-4H3,(H2,16,17,18). The van der Waals surface area contributed by atoms with E-state index in [1.54, 1.807) is 0 Å². The fraction of sp³-hybridized carbons (Fsp3) is 0.800. The molecule has 1 aliphatic rings. The SMILES string of the molecule is C=CCNC(=NCC(C)N1CCC(C)CC1)NCC. The van der Waals surface area contributed by atoms with Gasteiger partial charge in [0.05, 0.1) is 6.54 Å². The first-order valence-electron chi connectivity index (χ1n) is 7.54. The monoisotopic (exact) mass is 266 g/mol. The van der Waals surface area contributed by atoms with Gasteiger partial charge in [0, 0.05) is 19.1 Å². The third-order valence-corrected chi connectivity index (χ3v) is 3.71. The highest BCUT2D eigenvalue weighted by Crippen LogP contribution is 2.17. The van der Waals surface area contributed by atoms with E-state index in [2.05, 4.69) is 47.9 Å². The summed E-state index contributed by atoms with van der Waals surface area (Å²) in [5.74, 6) is 1.78. The molecular weight excluding hydrogens is 236 g/mol. The summed E-state index contributed by atoms with van der Waals surface area (Å²) < 4.78 is 0. The highest BCUT2D eigenvalue weighted by Gasteiger charge is 2.19. The molecule has 1 atom stereocenters. The van der Waals surface area contributed by atoms with Crippen molar-refractivity contribution in [1.82, 2.24) is 15.5 Å². The average Bonchev–Trinajstić information content (AvgIpc) is 2.42. The number of nitrogens with zero attached hydrogens (tertiary/aromatic N) is 2. The van der Waals surface area contributed by atoms with Gasteiger partial charge >= 0.3 is 0 Å². The maximum absolute atomic E-state index is 4.65. The minimum atomic E-state index is 0.520. The van der Waals surface area contributed by atoms with Crippen molar-refractivity contribution in [2.24, 2.45) is 10.9 Å². The van der Waals surface area contributed by atoms with Gasteiger partial charge in [-0.3, -0.25) is 9.89 Å². The number of aliphatic imine (C=N–C) groups is 1. The van der Waals surface area contributed by atoms with Crippen molar-refractivity contribution < 1.29 is 0 Å². The van der Waals surface area contributed by atoms with Crippen LogP contribution in [0.15, 0.2) is 17.6 Å². The Labute approximate surface area is 118 Å². The molecule has 0 amide bonds. The summed E-state index contributed by atoms with van der Waals surface area (Å²) >= 11 is 0. The summed E-state index contributed by atoms with van der Waals surface area (Å²) in [6, 6.07) is 0.520. The number of likely N-dealkylation sites (tertiary alicyclic amines) is 1. The normalized spacial score (nSPS) is 20.1. The molecule has 1 aliphatic heterocycles. The second-order valence-corrected chi connectivity index (χ2v) is 5.46. The van der Waals surface area contributed by atoms with Crippen molar-refractivity contribution in [2.45, 2.75) is 39.7 Å². The fourth-order valence-electron chi connectivity index (χ4n) is 2.32. The Kier molecular flexibility index (Phi) is 7.56. The summed E-state index contributed by atoms with van der Waals surface area (Å²) in [6.45, 7) is 15.3. The molecule has 2 N–H and O–H groups in total. The Balaban J connectivity index is 2.39. The zero-order chi connectivity index (χ0) is 14.1. The predicted molar refractivity (Wildman–Crippen MR) is 83.6 cm³/mol. The lowest BCUT2D eigenvalue weighted by molar-refractivity contribution is 0.150. The Hall–Kier alpha value is -1.03. The Morgan fingerprint density at radius 3 is 2.68 bits per heavy atom. The second-order valence-electron chi connectivity index (χ2n) is 5.46. The number of hydrogen-bond acceptors (Lipinski definition) is 2. The molecule has 0 bridgehead atoms. The molecule has 0 radical (unpaired) electrons. The number of rotatable bonds is 6. The van der Waals surface area contributed by atoms with Crippen molar-refractivity contribution in [1.29, 1.82) is 0 Å². The van der Waals surface area contributed by atoms with Crippen LogP contribution in [-0.4, -0.2) is 49.6 Å². The Morgan fingerprint density at radius 2 is 2.11 bits per heavy atom. The lowest BCUT2D eigenvalue weighted by Crippen LogP contribution is -2.42. The maximum Gasteiger partial charge on any atom is 0.191 e. The molecule has 0 spiro atoms. The zero-order valence-corrected chi connectivity index (χ0v) is 12.8. The van der Waals surface area contributed by atoms with Crippen LogP contribution < -0.4 is 10.6 Å². The van der Waals surface area contributed by atoms with Crippen LogP contribution in [0.2, 0.25) is 0 Å². The van der Waals surface area contributed by atoms with Crippen molar-refractivity contribution in [3.05, 3.63) is 12.7 Å². The van der Waals surface area contributed by atoms with Crippen LogP contribution in [0.4, 0.5) is 0 Å². The third-order valence-electron chi connectivity index (χ3n) is 3.71. The van der Waals surface area contributed by atoms with Gasteiger partial charge in [-0.1, -0.05) is 13.0 Å². The molecule has 0 aromatic rings. The van der Waals surface area contributed by atoms with Gasteiger partial charge in [0.25, 0.3) is 0 Å². The van der Waals surface area contributed by atoms with E-state index in [0.29, 0.717) is 6.04 Å². The molecule has 110 valence electrons. The van der Waals surface area contributed by atoms with Gasteiger partial charge < -0.3 is 10.6 Å². The number of guanidine groups is 1. The molecule has 0 saturated carbocycles. The van der Waals surface area contributed by atoms with Gasteiger partial charge in [-0.2, -0.15) is 0 Å². The maximum atomic E-state index is 4.65. The number of nitrogens with one attached hydrogen (secondary N) is 2. The highest BCUT2D eigenvalue weighted by atomic mass is 15.2. The van der Waals surface area contributed by atoms with E-state index in [4.69, 9.17) is 0 Å². The smallest absolute Gasteiger partial charge is 0.191 e. The molecule has 1 rings (SSSR count). The van der Waals surface area contributed by atoms with Crippen LogP contribution in [0.5, 0.6) is 0 Å². The van der Waals surface area contributed by atoms with E-state index in [-0.39, 0.29) is 0 Å². The Morgan fingerprint density at radius 1 is 1.42 bits per heavy atom. The molecule has 1 fully saturated rings. The molecule has 1 saturated heterocycles. The van der Waals surface area contributed by atoms with Crippen molar-refractivity contribution in [3.63, 3.8) is 0 Å². The molecule has 4 heteroatoms. The molecule has 0 aromatic heterocycles. The summed E-state index contributed by atoms with van der Waals surface area (Å²) in [5.41, 5.74) is 0. The van der Waals surface area contributed by atoms with Crippen LogP contribution >= 0.6 is 0 Å². The molecule has 0 aromatic carbocycles. The van der Waals surface area contributed by atoms with Crippen molar-refractivity contribution >= 4 is 5.96 Å². The van der Waals surface area contributed by atoms with Gasteiger partial charge in [-0.15, -0.1) is 6.58 Å². The van der Waals surface area contributed by atoms with E-state index < -0.39 is 0 Å². The summed E-state index contributed by atoms with van der Waals surface area (Å²) in [5, 5.41) is 6.49. The topological polar surface area (TPSA) is 39.7 Å². The minimum absolute atomic E-state index is 0.520.